The molecule has 0 saturated heterocycles. The van der Waals surface area contributed by atoms with Crippen molar-refractivity contribution in [2.24, 2.45) is 0 Å². The minimum absolute atomic E-state index is 0.0641. The maximum atomic E-state index is 13.0. The standard InChI is InChI=1S/C19H20N4O4S/c1-12-20-21-19-9-8-13-10-14(17(27-3)11-15(13)23(12)19)22-28(24,25)18-7-5-4-6-16(18)26-2/h4-7,10-11,22H,8-9H2,1-3H3. The van der Waals surface area contributed by atoms with Gasteiger partial charge in [-0.25, -0.2) is 8.42 Å². The van der Waals surface area contributed by atoms with E-state index in [1.165, 1.54) is 20.3 Å². The number of methoxy groups -OCH3 is 2. The summed E-state index contributed by atoms with van der Waals surface area (Å²) in [5, 5.41) is 8.34. The van der Waals surface area contributed by atoms with Crippen LogP contribution in [-0.2, 0) is 22.9 Å². The largest absolute Gasteiger partial charge is 0.495 e. The topological polar surface area (TPSA) is 95.3 Å². The van der Waals surface area contributed by atoms with Crippen LogP contribution in [0.5, 0.6) is 11.5 Å². The third-order valence-corrected chi connectivity index (χ3v) is 6.16. The van der Waals surface area contributed by atoms with Gasteiger partial charge in [0.2, 0.25) is 0 Å². The summed E-state index contributed by atoms with van der Waals surface area (Å²) in [5.41, 5.74) is 2.27. The summed E-state index contributed by atoms with van der Waals surface area (Å²) in [5.74, 6) is 2.35. The SMILES string of the molecule is COc1cc2c(cc1NS(=O)(=O)c1ccccc1OC)CCc1nnc(C)n1-2. The molecule has 1 aliphatic heterocycles. The van der Waals surface area contributed by atoms with Crippen molar-refractivity contribution in [2.45, 2.75) is 24.7 Å². The van der Waals surface area contributed by atoms with Crippen molar-refractivity contribution in [1.82, 2.24) is 14.8 Å². The summed E-state index contributed by atoms with van der Waals surface area (Å²) in [6.07, 6.45) is 1.47. The molecule has 9 heteroatoms. The van der Waals surface area contributed by atoms with Crippen LogP contribution < -0.4 is 14.2 Å². The van der Waals surface area contributed by atoms with E-state index in [9.17, 15) is 8.42 Å². The molecule has 1 aliphatic rings. The fourth-order valence-electron chi connectivity index (χ4n) is 3.44. The summed E-state index contributed by atoms with van der Waals surface area (Å²) in [6.45, 7) is 1.89. The lowest BCUT2D eigenvalue weighted by molar-refractivity contribution is 0.403. The van der Waals surface area contributed by atoms with Crippen molar-refractivity contribution in [3.8, 4) is 17.2 Å². The Bertz CT molecular complexity index is 1150. The van der Waals surface area contributed by atoms with Crippen molar-refractivity contribution in [3.05, 3.63) is 53.6 Å². The average molecular weight is 400 g/mol. The second-order valence-corrected chi connectivity index (χ2v) is 8.09. The van der Waals surface area contributed by atoms with Gasteiger partial charge in [-0.1, -0.05) is 12.1 Å². The van der Waals surface area contributed by atoms with Crippen molar-refractivity contribution >= 4 is 15.7 Å². The number of benzene rings is 2. The normalized spacial score (nSPS) is 12.8. The number of nitrogens with zero attached hydrogens (tertiary/aromatic N) is 3. The molecular formula is C19H20N4O4S. The van der Waals surface area contributed by atoms with E-state index in [1.807, 2.05) is 23.6 Å². The number of ether oxygens (including phenoxy) is 2. The number of fused-ring (bicyclic) bond motifs is 3. The van der Waals surface area contributed by atoms with Gasteiger partial charge in [0.1, 0.15) is 28.0 Å². The molecule has 0 unspecified atom stereocenters. The molecule has 0 atom stereocenters. The van der Waals surface area contributed by atoms with Gasteiger partial charge in [0, 0.05) is 12.5 Å². The lowest BCUT2D eigenvalue weighted by Crippen LogP contribution is -2.17. The number of sulfonamides is 1. The molecule has 0 spiro atoms. The van der Waals surface area contributed by atoms with Gasteiger partial charge in [-0.05, 0) is 37.1 Å². The van der Waals surface area contributed by atoms with Crippen LogP contribution in [0.1, 0.15) is 17.2 Å². The maximum Gasteiger partial charge on any atom is 0.265 e. The van der Waals surface area contributed by atoms with Crippen LogP contribution in [0.3, 0.4) is 0 Å². The minimum Gasteiger partial charge on any atom is -0.495 e. The zero-order valence-electron chi connectivity index (χ0n) is 15.8. The quantitative estimate of drug-likeness (QED) is 0.707. The van der Waals surface area contributed by atoms with E-state index in [1.54, 1.807) is 18.2 Å². The van der Waals surface area contributed by atoms with Gasteiger partial charge in [0.25, 0.3) is 10.0 Å². The Morgan fingerprint density at radius 3 is 2.54 bits per heavy atom. The molecule has 8 nitrogen and oxygen atoms in total. The highest BCUT2D eigenvalue weighted by atomic mass is 32.2. The first-order chi connectivity index (χ1) is 13.4. The lowest BCUT2D eigenvalue weighted by Gasteiger charge is -2.22. The molecule has 0 fully saturated rings. The maximum absolute atomic E-state index is 13.0. The number of aryl methyl sites for hydroxylation is 3. The predicted octanol–water partition coefficient (Wildman–Crippen LogP) is 2.49. The number of aromatic nitrogens is 3. The second-order valence-electron chi connectivity index (χ2n) is 6.44. The third-order valence-electron chi connectivity index (χ3n) is 4.75. The molecule has 3 aromatic rings. The van der Waals surface area contributed by atoms with Crippen LogP contribution in [0, 0.1) is 6.92 Å². The van der Waals surface area contributed by atoms with Gasteiger partial charge in [-0.3, -0.25) is 9.29 Å². The first-order valence-corrected chi connectivity index (χ1v) is 10.2. The molecule has 0 radical (unpaired) electrons. The molecule has 0 aliphatic carbocycles. The molecule has 2 heterocycles. The molecule has 2 aromatic carbocycles. The van der Waals surface area contributed by atoms with Gasteiger partial charge in [0.15, 0.2) is 0 Å². The van der Waals surface area contributed by atoms with E-state index in [0.717, 1.165) is 35.7 Å². The molecule has 4 rings (SSSR count). The van der Waals surface area contributed by atoms with Crippen LogP contribution in [-0.4, -0.2) is 37.4 Å². The molecule has 0 saturated carbocycles. The Morgan fingerprint density at radius 2 is 1.79 bits per heavy atom. The third kappa shape index (κ3) is 2.97. The summed E-state index contributed by atoms with van der Waals surface area (Å²) >= 11 is 0. The van der Waals surface area contributed by atoms with Crippen LogP contribution >= 0.6 is 0 Å². The van der Waals surface area contributed by atoms with E-state index in [-0.39, 0.29) is 10.6 Å². The molecule has 1 N–H and O–H groups in total. The van der Waals surface area contributed by atoms with Gasteiger partial charge < -0.3 is 9.47 Å². The zero-order chi connectivity index (χ0) is 19.9. The summed E-state index contributed by atoms with van der Waals surface area (Å²) in [4.78, 5) is 0.0641. The monoisotopic (exact) mass is 400 g/mol. The number of nitrogens with one attached hydrogen (secondary N) is 1. The van der Waals surface area contributed by atoms with E-state index < -0.39 is 10.0 Å². The van der Waals surface area contributed by atoms with E-state index in [0.29, 0.717) is 11.4 Å². The zero-order valence-corrected chi connectivity index (χ0v) is 16.6. The molecular weight excluding hydrogens is 380 g/mol. The molecule has 146 valence electrons. The number of para-hydroxylation sites is 1. The Balaban J connectivity index is 1.79. The van der Waals surface area contributed by atoms with E-state index in [4.69, 9.17) is 9.47 Å². The van der Waals surface area contributed by atoms with Gasteiger partial charge in [-0.15, -0.1) is 10.2 Å². The Kier molecular flexibility index (Phi) is 4.46. The first-order valence-electron chi connectivity index (χ1n) is 8.72. The van der Waals surface area contributed by atoms with Crippen LogP contribution in [0.2, 0.25) is 0 Å². The van der Waals surface area contributed by atoms with Crippen molar-refractivity contribution in [3.63, 3.8) is 0 Å². The second kappa shape index (κ2) is 6.83. The van der Waals surface area contributed by atoms with E-state index >= 15 is 0 Å². The van der Waals surface area contributed by atoms with Gasteiger partial charge in [-0.2, -0.15) is 0 Å². The number of rotatable bonds is 5. The minimum atomic E-state index is -3.86. The number of anilines is 1. The fraction of sp³-hybridized carbons (Fsp3) is 0.263. The first kappa shape index (κ1) is 18.3. The highest BCUT2D eigenvalue weighted by Gasteiger charge is 2.25. The smallest absolute Gasteiger partial charge is 0.265 e. The van der Waals surface area contributed by atoms with Gasteiger partial charge >= 0.3 is 0 Å². The van der Waals surface area contributed by atoms with Crippen LogP contribution in [0.4, 0.5) is 5.69 Å². The van der Waals surface area contributed by atoms with Crippen molar-refractivity contribution in [2.75, 3.05) is 18.9 Å². The predicted molar refractivity (Wildman–Crippen MR) is 104 cm³/mol. The average Bonchev–Trinajstić information content (AvgIpc) is 3.08. The molecule has 1 aromatic heterocycles. The summed E-state index contributed by atoms with van der Waals surface area (Å²) in [6, 6.07) is 10.1. The molecule has 0 amide bonds. The summed E-state index contributed by atoms with van der Waals surface area (Å²) < 4.78 is 41.2. The van der Waals surface area contributed by atoms with E-state index in [2.05, 4.69) is 14.9 Å². The fourth-order valence-corrected chi connectivity index (χ4v) is 4.67. The highest BCUT2D eigenvalue weighted by molar-refractivity contribution is 7.92. The summed E-state index contributed by atoms with van der Waals surface area (Å²) in [7, 11) is -0.917. The molecule has 0 bridgehead atoms. The van der Waals surface area contributed by atoms with Gasteiger partial charge in [0.05, 0.1) is 25.6 Å². The van der Waals surface area contributed by atoms with Crippen molar-refractivity contribution in [1.29, 1.82) is 0 Å². The Morgan fingerprint density at radius 1 is 1.04 bits per heavy atom. The van der Waals surface area contributed by atoms with Crippen LogP contribution in [0.15, 0.2) is 41.3 Å². The van der Waals surface area contributed by atoms with Crippen LogP contribution in [0.25, 0.3) is 5.69 Å². The molecule has 28 heavy (non-hydrogen) atoms. The number of hydrogen-bond donors (Lipinski definition) is 1. The number of hydrogen-bond acceptors (Lipinski definition) is 6. The lowest BCUT2D eigenvalue weighted by atomic mass is 10.0. The Hall–Kier alpha value is -3.07. The highest BCUT2D eigenvalue weighted by Crippen LogP contribution is 2.36. The Labute approximate surface area is 163 Å². The van der Waals surface area contributed by atoms with Crippen molar-refractivity contribution < 1.29 is 17.9 Å².